The molecule has 0 aromatic heterocycles. The van der Waals surface area contributed by atoms with Crippen molar-refractivity contribution in [3.63, 3.8) is 0 Å². The van der Waals surface area contributed by atoms with Gasteiger partial charge in [-0.1, -0.05) is 18.2 Å². The molecule has 1 aromatic rings. The Morgan fingerprint density at radius 2 is 1.90 bits per heavy atom. The van der Waals surface area contributed by atoms with Gasteiger partial charge in [0, 0.05) is 37.2 Å². The summed E-state index contributed by atoms with van der Waals surface area (Å²) in [5.74, 6) is -0.274. The lowest BCUT2D eigenvalue weighted by Gasteiger charge is -2.36. The molecular formula is C16H23NO3. The van der Waals surface area contributed by atoms with Crippen molar-refractivity contribution in [2.45, 2.75) is 44.1 Å². The van der Waals surface area contributed by atoms with Crippen molar-refractivity contribution in [1.29, 1.82) is 0 Å². The summed E-state index contributed by atoms with van der Waals surface area (Å²) >= 11 is 0. The quantitative estimate of drug-likeness (QED) is 0.918. The molecule has 1 saturated heterocycles. The molecule has 3 rings (SSSR count). The summed E-state index contributed by atoms with van der Waals surface area (Å²) in [6.45, 7) is 2.13. The van der Waals surface area contributed by atoms with Gasteiger partial charge in [-0.15, -0.1) is 0 Å². The molecule has 20 heavy (non-hydrogen) atoms. The first-order valence-corrected chi connectivity index (χ1v) is 7.43. The van der Waals surface area contributed by atoms with Gasteiger partial charge in [0.2, 0.25) is 0 Å². The Kier molecular flexibility index (Phi) is 4.24. The van der Waals surface area contributed by atoms with E-state index < -0.39 is 0 Å². The van der Waals surface area contributed by atoms with Crippen molar-refractivity contribution in [1.82, 2.24) is 0 Å². The Morgan fingerprint density at radius 1 is 1.20 bits per heavy atom. The van der Waals surface area contributed by atoms with E-state index in [0.717, 1.165) is 38.9 Å². The molecule has 0 bridgehead atoms. The lowest BCUT2D eigenvalue weighted by molar-refractivity contribution is -0.177. The second-order valence-electron chi connectivity index (χ2n) is 5.62. The molecule has 1 heterocycles. The number of benzene rings is 1. The molecule has 2 aliphatic rings. The molecule has 0 amide bonds. The van der Waals surface area contributed by atoms with E-state index in [2.05, 4.69) is 29.6 Å². The molecule has 2 fully saturated rings. The van der Waals surface area contributed by atoms with Gasteiger partial charge in [0.05, 0.1) is 19.8 Å². The molecule has 1 spiro atoms. The fourth-order valence-corrected chi connectivity index (χ4v) is 3.15. The van der Waals surface area contributed by atoms with Crippen LogP contribution in [0.15, 0.2) is 24.3 Å². The summed E-state index contributed by atoms with van der Waals surface area (Å²) in [6.07, 6.45) is 4.14. The van der Waals surface area contributed by atoms with Crippen molar-refractivity contribution in [2.24, 2.45) is 0 Å². The topological polar surface area (TPSA) is 39.7 Å². The van der Waals surface area contributed by atoms with E-state index in [1.165, 1.54) is 11.3 Å². The van der Waals surface area contributed by atoms with Gasteiger partial charge in [0.25, 0.3) is 0 Å². The summed E-state index contributed by atoms with van der Waals surface area (Å²) in [7, 11) is 1.73. The van der Waals surface area contributed by atoms with Crippen LogP contribution in [0.25, 0.3) is 0 Å². The number of hydrogen-bond acceptors (Lipinski definition) is 4. The minimum atomic E-state index is -0.274. The van der Waals surface area contributed by atoms with E-state index in [1.807, 2.05) is 0 Å². The maximum atomic E-state index is 5.77. The minimum absolute atomic E-state index is 0.274. The van der Waals surface area contributed by atoms with E-state index in [0.29, 0.717) is 12.6 Å². The number of ether oxygens (including phenoxy) is 3. The Labute approximate surface area is 120 Å². The second-order valence-corrected chi connectivity index (χ2v) is 5.62. The Bertz CT molecular complexity index is 433. The Morgan fingerprint density at radius 3 is 2.60 bits per heavy atom. The van der Waals surface area contributed by atoms with Gasteiger partial charge in [-0.25, -0.2) is 0 Å². The number of hydrogen-bond donors (Lipinski definition) is 1. The number of rotatable bonds is 4. The molecule has 0 atom stereocenters. The maximum absolute atomic E-state index is 5.77. The van der Waals surface area contributed by atoms with Crippen LogP contribution in [0.4, 0.5) is 5.69 Å². The monoisotopic (exact) mass is 277 g/mol. The normalized spacial score (nSPS) is 22.2. The van der Waals surface area contributed by atoms with Gasteiger partial charge in [-0.2, -0.15) is 0 Å². The van der Waals surface area contributed by atoms with E-state index >= 15 is 0 Å². The summed E-state index contributed by atoms with van der Waals surface area (Å²) in [5.41, 5.74) is 2.40. The highest BCUT2D eigenvalue weighted by atomic mass is 16.7. The number of methoxy groups -OCH3 is 1. The summed E-state index contributed by atoms with van der Waals surface area (Å²) in [6, 6.07) is 8.84. The van der Waals surface area contributed by atoms with E-state index in [9.17, 15) is 0 Å². The first-order valence-electron chi connectivity index (χ1n) is 7.43. The SMILES string of the molecule is COCc1ccccc1NC1CCC2(CC1)OCCO2. The van der Waals surface area contributed by atoms with Crippen LogP contribution < -0.4 is 5.32 Å². The predicted molar refractivity (Wildman–Crippen MR) is 77.7 cm³/mol. The Hall–Kier alpha value is -1.10. The highest BCUT2D eigenvalue weighted by molar-refractivity contribution is 5.51. The maximum Gasteiger partial charge on any atom is 0.168 e. The zero-order valence-electron chi connectivity index (χ0n) is 12.1. The van der Waals surface area contributed by atoms with Gasteiger partial charge in [-0.05, 0) is 18.9 Å². The van der Waals surface area contributed by atoms with Gasteiger partial charge in [-0.3, -0.25) is 0 Å². The summed E-state index contributed by atoms with van der Waals surface area (Å²) < 4.78 is 16.8. The van der Waals surface area contributed by atoms with Crippen LogP contribution in [-0.2, 0) is 20.8 Å². The molecule has 1 saturated carbocycles. The third-order valence-corrected chi connectivity index (χ3v) is 4.24. The number of para-hydroxylation sites is 1. The van der Waals surface area contributed by atoms with Crippen molar-refractivity contribution in [2.75, 3.05) is 25.6 Å². The van der Waals surface area contributed by atoms with Crippen LogP contribution in [0.3, 0.4) is 0 Å². The van der Waals surface area contributed by atoms with E-state index in [4.69, 9.17) is 14.2 Å². The molecule has 4 heteroatoms. The number of anilines is 1. The van der Waals surface area contributed by atoms with Gasteiger partial charge in [0.1, 0.15) is 0 Å². The van der Waals surface area contributed by atoms with Crippen LogP contribution in [0.2, 0.25) is 0 Å². The second kappa shape index (κ2) is 6.12. The average Bonchev–Trinajstić information content (AvgIpc) is 2.92. The van der Waals surface area contributed by atoms with E-state index in [1.54, 1.807) is 7.11 Å². The zero-order chi connectivity index (χ0) is 13.8. The van der Waals surface area contributed by atoms with Crippen molar-refractivity contribution in [3.05, 3.63) is 29.8 Å². The lowest BCUT2D eigenvalue weighted by atomic mass is 9.89. The molecule has 0 unspecified atom stereocenters. The third-order valence-electron chi connectivity index (χ3n) is 4.24. The number of nitrogens with one attached hydrogen (secondary N) is 1. The fourth-order valence-electron chi connectivity index (χ4n) is 3.15. The largest absolute Gasteiger partial charge is 0.382 e. The minimum Gasteiger partial charge on any atom is -0.382 e. The molecular weight excluding hydrogens is 254 g/mol. The summed E-state index contributed by atoms with van der Waals surface area (Å²) in [5, 5.41) is 3.65. The summed E-state index contributed by atoms with van der Waals surface area (Å²) in [4.78, 5) is 0. The zero-order valence-corrected chi connectivity index (χ0v) is 12.1. The third kappa shape index (κ3) is 2.97. The van der Waals surface area contributed by atoms with Crippen LogP contribution >= 0.6 is 0 Å². The molecule has 1 N–H and O–H groups in total. The van der Waals surface area contributed by atoms with E-state index in [-0.39, 0.29) is 5.79 Å². The van der Waals surface area contributed by atoms with Crippen molar-refractivity contribution < 1.29 is 14.2 Å². The standard InChI is InChI=1S/C16H23NO3/c1-18-12-13-4-2-3-5-15(13)17-14-6-8-16(9-7-14)19-10-11-20-16/h2-5,14,17H,6-12H2,1H3. The van der Waals surface area contributed by atoms with Crippen LogP contribution in [0.5, 0.6) is 0 Å². The smallest absolute Gasteiger partial charge is 0.168 e. The molecule has 1 aromatic carbocycles. The molecule has 1 aliphatic heterocycles. The van der Waals surface area contributed by atoms with Crippen LogP contribution in [-0.4, -0.2) is 32.2 Å². The highest BCUT2D eigenvalue weighted by Crippen LogP contribution is 2.36. The molecule has 110 valence electrons. The van der Waals surface area contributed by atoms with Crippen LogP contribution in [0, 0.1) is 0 Å². The highest BCUT2D eigenvalue weighted by Gasteiger charge is 2.40. The lowest BCUT2D eigenvalue weighted by Crippen LogP contribution is -2.39. The molecule has 4 nitrogen and oxygen atoms in total. The predicted octanol–water partition coefficient (Wildman–Crippen LogP) is 2.93. The van der Waals surface area contributed by atoms with Gasteiger partial charge < -0.3 is 19.5 Å². The average molecular weight is 277 g/mol. The molecule has 0 radical (unpaired) electrons. The van der Waals surface area contributed by atoms with Crippen molar-refractivity contribution in [3.8, 4) is 0 Å². The Balaban J connectivity index is 1.59. The van der Waals surface area contributed by atoms with Crippen molar-refractivity contribution >= 4 is 5.69 Å². The molecule has 1 aliphatic carbocycles. The van der Waals surface area contributed by atoms with Crippen LogP contribution in [0.1, 0.15) is 31.2 Å². The first kappa shape index (κ1) is 13.9. The van der Waals surface area contributed by atoms with Gasteiger partial charge in [0.15, 0.2) is 5.79 Å². The first-order chi connectivity index (χ1) is 9.81. The fraction of sp³-hybridized carbons (Fsp3) is 0.625. The van der Waals surface area contributed by atoms with Gasteiger partial charge >= 0.3 is 0 Å².